The average molecular weight is 380 g/mol. The van der Waals surface area contributed by atoms with Crippen molar-refractivity contribution in [3.8, 4) is 16.9 Å². The summed E-state index contributed by atoms with van der Waals surface area (Å²) >= 11 is 0. The van der Waals surface area contributed by atoms with Gasteiger partial charge < -0.3 is 9.84 Å². The number of ether oxygens (including phenoxy) is 1. The Morgan fingerprint density at radius 2 is 1.79 bits per heavy atom. The lowest BCUT2D eigenvalue weighted by molar-refractivity contribution is -0.137. The van der Waals surface area contributed by atoms with Crippen molar-refractivity contribution in [3.63, 3.8) is 0 Å². The number of benzene rings is 2. The predicted octanol–water partition coefficient (Wildman–Crippen LogP) is 4.32. The Balaban J connectivity index is 1.78. The zero-order valence-electron chi connectivity index (χ0n) is 15.9. The van der Waals surface area contributed by atoms with Crippen LogP contribution in [0.4, 0.5) is 0 Å². The molecule has 1 heterocycles. The summed E-state index contributed by atoms with van der Waals surface area (Å²) in [5.74, 6) is -1.54. The molecule has 5 heteroatoms. The summed E-state index contributed by atoms with van der Waals surface area (Å²) in [6.45, 7) is 2.13. The lowest BCUT2D eigenvalue weighted by Crippen LogP contribution is -2.34. The molecule has 1 aliphatic heterocycles. The number of hydrogen-bond acceptors (Lipinski definition) is 4. The van der Waals surface area contributed by atoms with Gasteiger partial charge in [-0.15, -0.1) is 0 Å². The molecule has 0 amide bonds. The summed E-state index contributed by atoms with van der Waals surface area (Å²) < 4.78 is 5.90. The monoisotopic (exact) mass is 380 g/mol. The highest BCUT2D eigenvalue weighted by molar-refractivity contribution is 6.13. The molecule has 1 unspecified atom stereocenters. The van der Waals surface area contributed by atoms with Crippen LogP contribution in [-0.2, 0) is 16.0 Å². The highest BCUT2D eigenvalue weighted by atomic mass is 16.5. The zero-order valence-corrected chi connectivity index (χ0v) is 15.9. The van der Waals surface area contributed by atoms with E-state index in [1.807, 2.05) is 24.3 Å². The number of aryl methyl sites for hydroxylation is 1. The van der Waals surface area contributed by atoms with Crippen LogP contribution in [0.15, 0.2) is 42.5 Å². The summed E-state index contributed by atoms with van der Waals surface area (Å²) in [6, 6.07) is 13.6. The Bertz CT molecular complexity index is 900. The SMILES string of the molecule is CCc1cccc(-c2cccc3c2OCC(C(=O)CCCCC(=O)O)C3=O)c1. The maximum absolute atomic E-state index is 12.9. The molecule has 0 fully saturated rings. The third-order valence-corrected chi connectivity index (χ3v) is 5.09. The molecule has 5 nitrogen and oxygen atoms in total. The fourth-order valence-electron chi connectivity index (χ4n) is 3.49. The number of carbonyl (C=O) groups is 3. The fourth-order valence-corrected chi connectivity index (χ4v) is 3.49. The van der Waals surface area contributed by atoms with E-state index in [-0.39, 0.29) is 31.0 Å². The van der Waals surface area contributed by atoms with Crippen molar-refractivity contribution in [1.29, 1.82) is 0 Å². The van der Waals surface area contributed by atoms with Gasteiger partial charge in [0.15, 0.2) is 5.78 Å². The summed E-state index contributed by atoms with van der Waals surface area (Å²) in [4.78, 5) is 35.9. The number of aliphatic carboxylic acids is 1. The second-order valence-electron chi connectivity index (χ2n) is 7.03. The highest BCUT2D eigenvalue weighted by Gasteiger charge is 2.34. The number of para-hydroxylation sites is 1. The quantitative estimate of drug-likeness (QED) is 0.545. The minimum Gasteiger partial charge on any atom is -0.491 e. The van der Waals surface area contributed by atoms with Crippen molar-refractivity contribution >= 4 is 17.5 Å². The standard InChI is InChI=1S/C23H24O5/c1-2-15-7-5-8-16(13-15)17-9-6-10-18-22(27)19(14-28-23(17)18)20(24)11-3-4-12-21(25)26/h5-10,13,19H,2-4,11-12,14H2,1H3,(H,25,26). The van der Waals surface area contributed by atoms with Gasteiger partial charge in [-0.1, -0.05) is 43.3 Å². The third-order valence-electron chi connectivity index (χ3n) is 5.09. The number of hydrogen-bond donors (Lipinski definition) is 1. The van der Waals surface area contributed by atoms with E-state index in [9.17, 15) is 14.4 Å². The Kier molecular flexibility index (Phi) is 6.24. The molecule has 1 atom stereocenters. The van der Waals surface area contributed by atoms with E-state index in [2.05, 4.69) is 19.1 Å². The molecule has 2 aromatic rings. The van der Waals surface area contributed by atoms with E-state index in [0.29, 0.717) is 24.2 Å². The van der Waals surface area contributed by atoms with Crippen LogP contribution in [0, 0.1) is 5.92 Å². The smallest absolute Gasteiger partial charge is 0.303 e. The lowest BCUT2D eigenvalue weighted by atomic mass is 9.87. The van der Waals surface area contributed by atoms with E-state index in [1.54, 1.807) is 6.07 Å². The molecular formula is C23H24O5. The van der Waals surface area contributed by atoms with Crippen LogP contribution in [-0.4, -0.2) is 29.2 Å². The van der Waals surface area contributed by atoms with Gasteiger partial charge in [0.25, 0.3) is 0 Å². The highest BCUT2D eigenvalue weighted by Crippen LogP contribution is 2.38. The number of rotatable bonds is 8. The lowest BCUT2D eigenvalue weighted by Gasteiger charge is -2.25. The van der Waals surface area contributed by atoms with Crippen LogP contribution < -0.4 is 4.74 Å². The van der Waals surface area contributed by atoms with Crippen LogP contribution in [0.2, 0.25) is 0 Å². The molecule has 28 heavy (non-hydrogen) atoms. The third kappa shape index (κ3) is 4.30. The number of unbranched alkanes of at least 4 members (excludes halogenated alkanes) is 1. The molecule has 0 spiro atoms. The van der Waals surface area contributed by atoms with Gasteiger partial charge in [-0.3, -0.25) is 14.4 Å². The van der Waals surface area contributed by atoms with Crippen molar-refractivity contribution in [2.45, 2.75) is 39.0 Å². The van der Waals surface area contributed by atoms with Gasteiger partial charge in [0.2, 0.25) is 0 Å². The number of fused-ring (bicyclic) bond motifs is 1. The van der Waals surface area contributed by atoms with Gasteiger partial charge in [-0.25, -0.2) is 0 Å². The second-order valence-corrected chi connectivity index (χ2v) is 7.03. The fraction of sp³-hybridized carbons (Fsp3) is 0.348. The first-order valence-corrected chi connectivity index (χ1v) is 9.65. The molecule has 0 saturated carbocycles. The molecule has 2 aromatic carbocycles. The molecule has 0 aromatic heterocycles. The number of carboxylic acids is 1. The minimum atomic E-state index is -0.877. The average Bonchev–Trinajstić information content (AvgIpc) is 2.71. The molecule has 0 saturated heterocycles. The van der Waals surface area contributed by atoms with Gasteiger partial charge >= 0.3 is 5.97 Å². The second kappa shape index (κ2) is 8.83. The first kappa shape index (κ1) is 19.8. The van der Waals surface area contributed by atoms with Crippen LogP contribution in [0.1, 0.15) is 48.5 Å². The topological polar surface area (TPSA) is 80.7 Å². The predicted molar refractivity (Wildman–Crippen MR) is 106 cm³/mol. The van der Waals surface area contributed by atoms with Crippen LogP contribution in [0.3, 0.4) is 0 Å². The molecule has 1 N–H and O–H groups in total. The maximum atomic E-state index is 12.9. The Morgan fingerprint density at radius 3 is 2.54 bits per heavy atom. The number of carbonyl (C=O) groups excluding carboxylic acids is 2. The Hall–Kier alpha value is -2.95. The number of Topliss-reactive ketones (excluding diaryl/α,β-unsaturated/α-hetero) is 2. The molecular weight excluding hydrogens is 356 g/mol. The minimum absolute atomic E-state index is 0.0331. The first-order valence-electron chi connectivity index (χ1n) is 9.65. The zero-order chi connectivity index (χ0) is 20.1. The van der Waals surface area contributed by atoms with Gasteiger partial charge in [-0.05, 0) is 36.5 Å². The van der Waals surface area contributed by atoms with Crippen molar-refractivity contribution in [3.05, 3.63) is 53.6 Å². The molecule has 1 aliphatic rings. The number of carboxylic acid groups (broad SMARTS) is 1. The van der Waals surface area contributed by atoms with Gasteiger partial charge in [0.1, 0.15) is 24.1 Å². The summed E-state index contributed by atoms with van der Waals surface area (Å²) in [5, 5.41) is 8.67. The van der Waals surface area contributed by atoms with Gasteiger partial charge in [0, 0.05) is 18.4 Å². The van der Waals surface area contributed by atoms with E-state index in [4.69, 9.17) is 9.84 Å². The molecule has 3 rings (SSSR count). The molecule has 0 radical (unpaired) electrons. The van der Waals surface area contributed by atoms with E-state index >= 15 is 0 Å². The van der Waals surface area contributed by atoms with Crippen molar-refractivity contribution in [2.24, 2.45) is 5.92 Å². The van der Waals surface area contributed by atoms with E-state index in [0.717, 1.165) is 17.5 Å². The summed E-state index contributed by atoms with van der Waals surface area (Å²) in [6.07, 6.45) is 2.04. The first-order chi connectivity index (χ1) is 13.5. The maximum Gasteiger partial charge on any atom is 0.303 e. The largest absolute Gasteiger partial charge is 0.491 e. The van der Waals surface area contributed by atoms with Crippen molar-refractivity contribution in [2.75, 3.05) is 6.61 Å². The Morgan fingerprint density at radius 1 is 1.07 bits per heavy atom. The van der Waals surface area contributed by atoms with Crippen molar-refractivity contribution in [1.82, 2.24) is 0 Å². The molecule has 146 valence electrons. The molecule has 0 bridgehead atoms. The summed E-state index contributed by atoms with van der Waals surface area (Å²) in [7, 11) is 0. The van der Waals surface area contributed by atoms with E-state index < -0.39 is 11.9 Å². The van der Waals surface area contributed by atoms with Crippen LogP contribution in [0.5, 0.6) is 5.75 Å². The Labute approximate surface area is 164 Å². The van der Waals surface area contributed by atoms with Gasteiger partial charge in [-0.2, -0.15) is 0 Å². The molecule has 0 aliphatic carbocycles. The summed E-state index contributed by atoms with van der Waals surface area (Å²) in [5.41, 5.74) is 3.48. The van der Waals surface area contributed by atoms with Crippen molar-refractivity contribution < 1.29 is 24.2 Å². The van der Waals surface area contributed by atoms with E-state index in [1.165, 1.54) is 5.56 Å². The van der Waals surface area contributed by atoms with Crippen LogP contribution in [0.25, 0.3) is 11.1 Å². The van der Waals surface area contributed by atoms with Gasteiger partial charge in [0.05, 0.1) is 5.56 Å². The normalized spacial score (nSPS) is 15.6. The van der Waals surface area contributed by atoms with Crippen LogP contribution >= 0.6 is 0 Å². The number of ketones is 2.